The molecule has 0 unspecified atom stereocenters. The Balaban J connectivity index is 2.26. The van der Waals surface area contributed by atoms with E-state index >= 15 is 0 Å². The number of carbonyl (C=O) groups excluding carboxylic acids is 1. The Morgan fingerprint density at radius 3 is 2.27 bits per heavy atom. The van der Waals surface area contributed by atoms with Gasteiger partial charge in [0.15, 0.2) is 0 Å². The summed E-state index contributed by atoms with van der Waals surface area (Å²) >= 11 is 6.37. The van der Waals surface area contributed by atoms with Crippen molar-refractivity contribution in [3.63, 3.8) is 0 Å². The molecule has 1 amide bonds. The van der Waals surface area contributed by atoms with Crippen molar-refractivity contribution in [2.24, 2.45) is 5.14 Å². The molecule has 4 N–H and O–H groups in total. The molecule has 22 heavy (non-hydrogen) atoms. The molecule has 2 aromatic rings. The number of aromatic hydroxyl groups is 1. The monoisotopic (exact) mass is 448 g/mol. The summed E-state index contributed by atoms with van der Waals surface area (Å²) in [6, 6.07) is 8.44. The normalized spacial score (nSPS) is 11.2. The molecule has 0 aliphatic carbocycles. The molecule has 2 aromatic carbocycles. The van der Waals surface area contributed by atoms with Gasteiger partial charge >= 0.3 is 0 Å². The van der Waals surface area contributed by atoms with Gasteiger partial charge in [0.05, 0.1) is 14.9 Å². The zero-order valence-electron chi connectivity index (χ0n) is 10.9. The summed E-state index contributed by atoms with van der Waals surface area (Å²) < 4.78 is 23.3. The fourth-order valence-corrected chi connectivity index (χ4v) is 3.41. The quantitative estimate of drug-likeness (QED) is 0.669. The van der Waals surface area contributed by atoms with E-state index in [1.54, 1.807) is 6.07 Å². The topological polar surface area (TPSA) is 109 Å². The van der Waals surface area contributed by atoms with Crippen molar-refractivity contribution in [3.05, 3.63) is 50.9 Å². The molecule has 116 valence electrons. The molecule has 0 fully saturated rings. The number of hydrogen-bond donors (Lipinski definition) is 3. The lowest BCUT2D eigenvalue weighted by atomic mass is 10.2. The van der Waals surface area contributed by atoms with Crippen molar-refractivity contribution in [1.29, 1.82) is 0 Å². The van der Waals surface area contributed by atoms with E-state index in [4.69, 9.17) is 5.14 Å². The van der Waals surface area contributed by atoms with Crippen LogP contribution in [0.25, 0.3) is 0 Å². The van der Waals surface area contributed by atoms with Crippen LogP contribution in [0.1, 0.15) is 10.4 Å². The number of amides is 1. The van der Waals surface area contributed by atoms with Crippen molar-refractivity contribution in [1.82, 2.24) is 0 Å². The lowest BCUT2D eigenvalue weighted by Crippen LogP contribution is -2.14. The van der Waals surface area contributed by atoms with E-state index in [-0.39, 0.29) is 16.2 Å². The summed E-state index contributed by atoms with van der Waals surface area (Å²) in [5, 5.41) is 17.4. The van der Waals surface area contributed by atoms with E-state index in [1.165, 1.54) is 30.3 Å². The van der Waals surface area contributed by atoms with Crippen molar-refractivity contribution in [2.45, 2.75) is 4.90 Å². The van der Waals surface area contributed by atoms with Gasteiger partial charge in [-0.3, -0.25) is 4.79 Å². The second-order valence-corrected chi connectivity index (χ2v) is 7.64. The average Bonchev–Trinajstić information content (AvgIpc) is 2.42. The molecule has 9 heteroatoms. The first-order valence-corrected chi connectivity index (χ1v) is 8.94. The smallest absolute Gasteiger partial charge is 0.259 e. The summed E-state index contributed by atoms with van der Waals surface area (Å²) in [6.45, 7) is 0. The van der Waals surface area contributed by atoms with Crippen molar-refractivity contribution < 1.29 is 18.3 Å². The summed E-state index contributed by atoms with van der Waals surface area (Å²) in [7, 11) is -3.78. The van der Waals surface area contributed by atoms with E-state index in [2.05, 4.69) is 37.2 Å². The Morgan fingerprint density at radius 1 is 1.14 bits per heavy atom. The number of hydrogen-bond acceptors (Lipinski definition) is 4. The molecular formula is C13H10Br2N2O4S. The number of nitrogens with two attached hydrogens (primary N) is 1. The van der Waals surface area contributed by atoms with Gasteiger partial charge in [-0.1, -0.05) is 15.9 Å². The Morgan fingerprint density at radius 2 is 1.73 bits per heavy atom. The second kappa shape index (κ2) is 6.37. The summed E-state index contributed by atoms with van der Waals surface area (Å²) in [5.41, 5.74) is 0.435. The van der Waals surface area contributed by atoms with Crippen molar-refractivity contribution in [3.8, 4) is 5.75 Å². The zero-order valence-corrected chi connectivity index (χ0v) is 14.9. The minimum absolute atomic E-state index is 0.0569. The number of benzene rings is 2. The molecule has 0 saturated carbocycles. The standard InChI is InChI=1S/C13H10Br2N2O4S/c14-7-5-10(12(18)11(15)6-7)13(19)17-8-1-3-9(4-2-8)22(16,20)21/h1-6,18H,(H,17,19)(H2,16,20,21). The third-order valence-electron chi connectivity index (χ3n) is 2.71. The first kappa shape index (κ1) is 16.9. The number of anilines is 1. The first-order chi connectivity index (χ1) is 10.2. The van der Waals surface area contributed by atoms with Gasteiger partial charge in [-0.2, -0.15) is 0 Å². The molecule has 0 aliphatic heterocycles. The molecular weight excluding hydrogens is 440 g/mol. The molecule has 0 radical (unpaired) electrons. The number of halogens is 2. The minimum Gasteiger partial charge on any atom is -0.506 e. The Bertz CT molecular complexity index is 836. The maximum absolute atomic E-state index is 12.2. The van der Waals surface area contributed by atoms with Gasteiger partial charge in [-0.05, 0) is 52.3 Å². The minimum atomic E-state index is -3.78. The molecule has 0 atom stereocenters. The van der Waals surface area contributed by atoms with Crippen molar-refractivity contribution >= 4 is 53.5 Å². The number of nitrogens with one attached hydrogen (secondary N) is 1. The van der Waals surface area contributed by atoms with Crippen LogP contribution in [0.5, 0.6) is 5.75 Å². The van der Waals surface area contributed by atoms with Gasteiger partial charge in [-0.15, -0.1) is 0 Å². The van der Waals surface area contributed by atoms with Crippen LogP contribution in [0, 0.1) is 0 Å². The number of phenolic OH excluding ortho intramolecular Hbond substituents is 1. The summed E-state index contributed by atoms with van der Waals surface area (Å²) in [4.78, 5) is 12.1. The number of primary sulfonamides is 1. The number of phenols is 1. The van der Waals surface area contributed by atoms with Crippen LogP contribution in [0.2, 0.25) is 0 Å². The lowest BCUT2D eigenvalue weighted by Gasteiger charge is -2.09. The SMILES string of the molecule is NS(=O)(=O)c1ccc(NC(=O)c2cc(Br)cc(Br)c2O)cc1. The van der Waals surface area contributed by atoms with E-state index in [0.717, 1.165) is 0 Å². The summed E-state index contributed by atoms with van der Waals surface area (Å²) in [5.74, 6) is -0.732. The maximum Gasteiger partial charge on any atom is 0.259 e. The van der Waals surface area contributed by atoms with Crippen LogP contribution in [0.3, 0.4) is 0 Å². The molecule has 0 saturated heterocycles. The van der Waals surface area contributed by atoms with E-state index in [0.29, 0.717) is 14.6 Å². The molecule has 0 heterocycles. The van der Waals surface area contributed by atoms with Gasteiger partial charge in [0.25, 0.3) is 5.91 Å². The van der Waals surface area contributed by atoms with Gasteiger partial charge in [-0.25, -0.2) is 13.6 Å². The lowest BCUT2D eigenvalue weighted by molar-refractivity contribution is 0.102. The number of sulfonamides is 1. The van der Waals surface area contributed by atoms with Crippen molar-refractivity contribution in [2.75, 3.05) is 5.32 Å². The van der Waals surface area contributed by atoms with Crippen LogP contribution in [-0.2, 0) is 10.0 Å². The molecule has 0 bridgehead atoms. The van der Waals surface area contributed by atoms with Gasteiger partial charge in [0.1, 0.15) is 5.75 Å². The highest BCUT2D eigenvalue weighted by molar-refractivity contribution is 9.11. The maximum atomic E-state index is 12.2. The number of carbonyl (C=O) groups is 1. The van der Waals surface area contributed by atoms with Crippen LogP contribution < -0.4 is 10.5 Å². The van der Waals surface area contributed by atoms with Gasteiger partial charge < -0.3 is 10.4 Å². The molecule has 0 spiro atoms. The van der Waals surface area contributed by atoms with Crippen LogP contribution in [-0.4, -0.2) is 19.4 Å². The average molecular weight is 450 g/mol. The number of rotatable bonds is 3. The highest BCUT2D eigenvalue weighted by Gasteiger charge is 2.15. The molecule has 0 aliphatic rings. The van der Waals surface area contributed by atoms with Crippen LogP contribution in [0.15, 0.2) is 50.2 Å². The van der Waals surface area contributed by atoms with Gasteiger partial charge in [0, 0.05) is 10.2 Å². The third kappa shape index (κ3) is 3.86. The predicted molar refractivity (Wildman–Crippen MR) is 89.3 cm³/mol. The first-order valence-electron chi connectivity index (χ1n) is 5.80. The van der Waals surface area contributed by atoms with E-state index in [1.807, 2.05) is 0 Å². The van der Waals surface area contributed by atoms with Crippen LogP contribution >= 0.6 is 31.9 Å². The second-order valence-electron chi connectivity index (χ2n) is 4.31. The van der Waals surface area contributed by atoms with E-state index in [9.17, 15) is 18.3 Å². The highest BCUT2D eigenvalue weighted by atomic mass is 79.9. The predicted octanol–water partition coefficient (Wildman–Crippen LogP) is 2.82. The van der Waals surface area contributed by atoms with E-state index < -0.39 is 15.9 Å². The molecule has 6 nitrogen and oxygen atoms in total. The Labute approximate surface area is 143 Å². The fourth-order valence-electron chi connectivity index (χ4n) is 1.67. The third-order valence-corrected chi connectivity index (χ3v) is 4.71. The largest absolute Gasteiger partial charge is 0.506 e. The Hall–Kier alpha value is -1.42. The van der Waals surface area contributed by atoms with Crippen LogP contribution in [0.4, 0.5) is 5.69 Å². The summed E-state index contributed by atoms with van der Waals surface area (Å²) in [6.07, 6.45) is 0. The zero-order chi connectivity index (χ0) is 16.5. The Kier molecular flexibility index (Phi) is 4.90. The van der Waals surface area contributed by atoms with Gasteiger partial charge in [0.2, 0.25) is 10.0 Å². The molecule has 2 rings (SSSR count). The highest BCUT2D eigenvalue weighted by Crippen LogP contribution is 2.32. The fraction of sp³-hybridized carbons (Fsp3) is 0. The molecule has 0 aromatic heterocycles.